The van der Waals surface area contributed by atoms with Crippen LogP contribution in [0.1, 0.15) is 46.5 Å². The van der Waals surface area contributed by atoms with Crippen molar-refractivity contribution in [3.63, 3.8) is 0 Å². The Morgan fingerprint density at radius 3 is 2.57 bits per heavy atom. The SMILES string of the molecule is CCCCOc1ccccc1NC(=O)OC(CN(CC)CC)CN1CCCC1. The Balaban J connectivity index is 1.96. The van der Waals surface area contributed by atoms with Crippen molar-refractivity contribution in [1.82, 2.24) is 9.80 Å². The summed E-state index contributed by atoms with van der Waals surface area (Å²) in [6.07, 6.45) is 3.95. The van der Waals surface area contributed by atoms with Gasteiger partial charge in [0.25, 0.3) is 0 Å². The molecule has 0 aromatic heterocycles. The predicted octanol–water partition coefficient (Wildman–Crippen LogP) is 4.22. The van der Waals surface area contributed by atoms with Gasteiger partial charge in [0.15, 0.2) is 0 Å². The highest BCUT2D eigenvalue weighted by molar-refractivity contribution is 5.86. The molecule has 0 aliphatic carbocycles. The molecule has 158 valence electrons. The zero-order valence-corrected chi connectivity index (χ0v) is 17.8. The maximum atomic E-state index is 12.6. The molecule has 1 unspecified atom stereocenters. The van der Waals surface area contributed by atoms with Crippen molar-refractivity contribution in [1.29, 1.82) is 0 Å². The highest BCUT2D eigenvalue weighted by Crippen LogP contribution is 2.24. The second-order valence-corrected chi connectivity index (χ2v) is 7.34. The van der Waals surface area contributed by atoms with E-state index in [0.717, 1.165) is 52.1 Å². The Labute approximate surface area is 170 Å². The van der Waals surface area contributed by atoms with Crippen LogP contribution < -0.4 is 10.1 Å². The number of likely N-dealkylation sites (N-methyl/N-ethyl adjacent to an activating group) is 1. The van der Waals surface area contributed by atoms with E-state index in [-0.39, 0.29) is 6.10 Å². The van der Waals surface area contributed by atoms with E-state index in [1.54, 1.807) is 0 Å². The van der Waals surface area contributed by atoms with Crippen LogP contribution in [0.2, 0.25) is 0 Å². The third kappa shape index (κ3) is 7.68. The highest BCUT2D eigenvalue weighted by Gasteiger charge is 2.23. The minimum atomic E-state index is -0.414. The normalized spacial score (nSPS) is 15.6. The molecule has 0 radical (unpaired) electrons. The quantitative estimate of drug-likeness (QED) is 0.541. The van der Waals surface area contributed by atoms with E-state index in [1.165, 1.54) is 12.8 Å². The summed E-state index contributed by atoms with van der Waals surface area (Å²) in [6.45, 7) is 12.7. The number of unbranched alkanes of at least 4 members (excludes halogenated alkanes) is 1. The third-order valence-corrected chi connectivity index (χ3v) is 5.17. The average Bonchev–Trinajstić information content (AvgIpc) is 3.20. The van der Waals surface area contributed by atoms with Gasteiger partial charge in [-0.3, -0.25) is 10.2 Å². The molecular formula is C22H37N3O3. The van der Waals surface area contributed by atoms with Gasteiger partial charge in [-0.05, 0) is 57.6 Å². The minimum Gasteiger partial charge on any atom is -0.491 e. The van der Waals surface area contributed by atoms with E-state index in [2.05, 4.69) is 35.9 Å². The second-order valence-electron chi connectivity index (χ2n) is 7.34. The molecule has 1 amide bonds. The van der Waals surface area contributed by atoms with Crippen LogP contribution in [0.3, 0.4) is 0 Å². The Morgan fingerprint density at radius 1 is 1.18 bits per heavy atom. The number of para-hydroxylation sites is 2. The number of hydrogen-bond donors (Lipinski definition) is 1. The zero-order chi connectivity index (χ0) is 20.2. The standard InChI is InChI=1S/C22H37N3O3/c1-4-7-16-27-21-13-9-8-12-20(21)23-22(26)28-19(17-24(5-2)6-3)18-25-14-10-11-15-25/h8-9,12-13,19H,4-7,10-11,14-18H2,1-3H3,(H,23,26). The maximum absolute atomic E-state index is 12.6. The lowest BCUT2D eigenvalue weighted by atomic mass is 10.3. The Kier molecular flexibility index (Phi) is 10.1. The number of amides is 1. The van der Waals surface area contributed by atoms with E-state index in [0.29, 0.717) is 18.0 Å². The topological polar surface area (TPSA) is 54.0 Å². The molecule has 1 aliphatic rings. The van der Waals surface area contributed by atoms with Crippen molar-refractivity contribution in [3.8, 4) is 5.75 Å². The van der Waals surface area contributed by atoms with Gasteiger partial charge in [0.1, 0.15) is 11.9 Å². The first kappa shape index (κ1) is 22.5. The van der Waals surface area contributed by atoms with Gasteiger partial charge < -0.3 is 14.4 Å². The Bertz CT molecular complexity index is 568. The lowest BCUT2D eigenvalue weighted by Crippen LogP contribution is -2.42. The molecule has 1 aliphatic heterocycles. The van der Waals surface area contributed by atoms with E-state index < -0.39 is 6.09 Å². The molecule has 1 aromatic rings. The number of carbonyl (C=O) groups excluding carboxylic acids is 1. The molecule has 1 atom stereocenters. The molecule has 28 heavy (non-hydrogen) atoms. The van der Waals surface area contributed by atoms with E-state index in [4.69, 9.17) is 9.47 Å². The number of carbonyl (C=O) groups is 1. The third-order valence-electron chi connectivity index (χ3n) is 5.17. The Morgan fingerprint density at radius 2 is 1.89 bits per heavy atom. The maximum Gasteiger partial charge on any atom is 0.412 e. The Hall–Kier alpha value is -1.79. The summed E-state index contributed by atoms with van der Waals surface area (Å²) in [5.41, 5.74) is 0.659. The molecule has 0 bridgehead atoms. The van der Waals surface area contributed by atoms with Crippen LogP contribution >= 0.6 is 0 Å². The predicted molar refractivity (Wildman–Crippen MR) is 114 cm³/mol. The van der Waals surface area contributed by atoms with Crippen molar-refractivity contribution >= 4 is 11.8 Å². The fraction of sp³-hybridized carbons (Fsp3) is 0.682. The summed E-state index contributed by atoms with van der Waals surface area (Å²) in [7, 11) is 0. The van der Waals surface area contributed by atoms with E-state index >= 15 is 0 Å². The van der Waals surface area contributed by atoms with Crippen molar-refractivity contribution in [2.45, 2.75) is 52.6 Å². The van der Waals surface area contributed by atoms with Crippen LogP contribution in [0.15, 0.2) is 24.3 Å². The summed E-state index contributed by atoms with van der Waals surface area (Å²) in [5, 5.41) is 2.88. The van der Waals surface area contributed by atoms with Crippen LogP contribution in [0.25, 0.3) is 0 Å². The molecule has 6 nitrogen and oxygen atoms in total. The van der Waals surface area contributed by atoms with Crippen molar-refractivity contribution < 1.29 is 14.3 Å². The monoisotopic (exact) mass is 391 g/mol. The smallest absolute Gasteiger partial charge is 0.412 e. The van der Waals surface area contributed by atoms with E-state index in [1.807, 2.05) is 24.3 Å². The molecule has 1 N–H and O–H groups in total. The first-order valence-electron chi connectivity index (χ1n) is 10.8. The highest BCUT2D eigenvalue weighted by atomic mass is 16.6. The molecule has 0 spiro atoms. The molecule has 1 fully saturated rings. The van der Waals surface area contributed by atoms with Gasteiger partial charge in [0, 0.05) is 13.1 Å². The summed E-state index contributed by atoms with van der Waals surface area (Å²) in [4.78, 5) is 17.3. The summed E-state index contributed by atoms with van der Waals surface area (Å²) in [6, 6.07) is 7.53. The number of likely N-dealkylation sites (tertiary alicyclic amines) is 1. The number of nitrogens with one attached hydrogen (secondary N) is 1. The fourth-order valence-corrected chi connectivity index (χ4v) is 3.47. The molecule has 0 saturated carbocycles. The molecule has 6 heteroatoms. The van der Waals surface area contributed by atoms with Gasteiger partial charge in [-0.25, -0.2) is 4.79 Å². The number of rotatable bonds is 12. The number of ether oxygens (including phenoxy) is 2. The van der Waals surface area contributed by atoms with Crippen molar-refractivity contribution in [2.75, 3.05) is 51.2 Å². The number of hydrogen-bond acceptors (Lipinski definition) is 5. The fourth-order valence-electron chi connectivity index (χ4n) is 3.47. The van der Waals surface area contributed by atoms with Crippen LogP contribution in [-0.2, 0) is 4.74 Å². The lowest BCUT2D eigenvalue weighted by molar-refractivity contribution is 0.0604. The summed E-state index contributed by atoms with van der Waals surface area (Å²) >= 11 is 0. The second kappa shape index (κ2) is 12.6. The van der Waals surface area contributed by atoms with Gasteiger partial charge in [-0.15, -0.1) is 0 Å². The van der Waals surface area contributed by atoms with Crippen LogP contribution in [-0.4, -0.2) is 67.9 Å². The molecule has 1 aromatic carbocycles. The molecule has 2 rings (SSSR count). The van der Waals surface area contributed by atoms with E-state index in [9.17, 15) is 4.79 Å². The van der Waals surface area contributed by atoms with Gasteiger partial charge in [-0.1, -0.05) is 39.3 Å². The number of anilines is 1. The van der Waals surface area contributed by atoms with Crippen molar-refractivity contribution in [2.24, 2.45) is 0 Å². The van der Waals surface area contributed by atoms with Crippen LogP contribution in [0.5, 0.6) is 5.75 Å². The van der Waals surface area contributed by atoms with Crippen LogP contribution in [0, 0.1) is 0 Å². The number of benzene rings is 1. The van der Waals surface area contributed by atoms with Gasteiger partial charge in [0.2, 0.25) is 0 Å². The van der Waals surface area contributed by atoms with Crippen LogP contribution in [0.4, 0.5) is 10.5 Å². The molecule has 1 heterocycles. The average molecular weight is 392 g/mol. The minimum absolute atomic E-state index is 0.147. The summed E-state index contributed by atoms with van der Waals surface area (Å²) < 4.78 is 11.6. The first-order valence-corrected chi connectivity index (χ1v) is 10.8. The van der Waals surface area contributed by atoms with Gasteiger partial charge >= 0.3 is 6.09 Å². The van der Waals surface area contributed by atoms with Gasteiger partial charge in [-0.2, -0.15) is 0 Å². The van der Waals surface area contributed by atoms with Crippen molar-refractivity contribution in [3.05, 3.63) is 24.3 Å². The first-order chi connectivity index (χ1) is 13.7. The molecular weight excluding hydrogens is 354 g/mol. The lowest BCUT2D eigenvalue weighted by Gasteiger charge is -2.28. The zero-order valence-electron chi connectivity index (χ0n) is 17.8. The largest absolute Gasteiger partial charge is 0.491 e. The summed E-state index contributed by atoms with van der Waals surface area (Å²) in [5.74, 6) is 0.688. The number of nitrogens with zero attached hydrogens (tertiary/aromatic N) is 2. The van der Waals surface area contributed by atoms with Gasteiger partial charge in [0.05, 0.1) is 12.3 Å². The molecule has 1 saturated heterocycles.